The van der Waals surface area contributed by atoms with Gasteiger partial charge in [-0.05, 0) is 41.5 Å². The van der Waals surface area contributed by atoms with Crippen LogP contribution in [0.3, 0.4) is 0 Å². The summed E-state index contributed by atoms with van der Waals surface area (Å²) in [5.41, 5.74) is 1.56. The molecule has 1 heterocycles. The highest BCUT2D eigenvalue weighted by atomic mass is 32.2. The summed E-state index contributed by atoms with van der Waals surface area (Å²) in [6, 6.07) is 15.1. The largest absolute Gasteiger partial charge is 0.449 e. The zero-order valence-corrected chi connectivity index (χ0v) is 16.5. The molecule has 1 aliphatic carbocycles. The highest BCUT2D eigenvalue weighted by Crippen LogP contribution is 2.59. The summed E-state index contributed by atoms with van der Waals surface area (Å²) < 4.78 is 35.4. The van der Waals surface area contributed by atoms with Gasteiger partial charge in [0, 0.05) is 24.9 Å². The number of fused-ring (bicyclic) bond motifs is 2. The fourth-order valence-corrected chi connectivity index (χ4v) is 4.99. The highest BCUT2D eigenvalue weighted by molar-refractivity contribution is 7.85. The van der Waals surface area contributed by atoms with Crippen LogP contribution in [-0.4, -0.2) is 49.4 Å². The second kappa shape index (κ2) is 7.46. The minimum atomic E-state index is -3.96. The van der Waals surface area contributed by atoms with Crippen LogP contribution in [0.4, 0.5) is 0 Å². The molecule has 0 radical (unpaired) electrons. The third kappa shape index (κ3) is 4.21. The third-order valence-corrected chi connectivity index (χ3v) is 6.79. The summed E-state index contributed by atoms with van der Waals surface area (Å²) in [6.45, 7) is 2.11. The van der Waals surface area contributed by atoms with Crippen molar-refractivity contribution in [2.75, 3.05) is 25.6 Å². The quantitative estimate of drug-likeness (QED) is 0.414. The zero-order valence-electron chi connectivity index (χ0n) is 15.7. The van der Waals surface area contributed by atoms with Crippen molar-refractivity contribution in [3.05, 3.63) is 48.0 Å². The van der Waals surface area contributed by atoms with Gasteiger partial charge in [-0.1, -0.05) is 42.5 Å². The highest BCUT2D eigenvalue weighted by Gasteiger charge is 2.60. The van der Waals surface area contributed by atoms with E-state index in [0.29, 0.717) is 12.3 Å². The van der Waals surface area contributed by atoms with Crippen LogP contribution < -0.4 is 0 Å². The smallest absolute Gasteiger partial charge is 0.307 e. The summed E-state index contributed by atoms with van der Waals surface area (Å²) in [7, 11) is -3.96. The summed E-state index contributed by atoms with van der Waals surface area (Å²) in [4.78, 5) is 14.0. The predicted octanol–water partition coefficient (Wildman–Crippen LogP) is 2.97. The average molecular weight is 404 g/mol. The van der Waals surface area contributed by atoms with E-state index in [1.54, 1.807) is 0 Å². The summed E-state index contributed by atoms with van der Waals surface area (Å²) >= 11 is 0. The average Bonchev–Trinajstić information content (AvgIpc) is 3.24. The number of likely N-dealkylation sites (tertiary alicyclic amines) is 1. The standard InChI is InChI=1S/C21H25NO5S/c23-20(7-3-4-10-28(24,25)26)27-15-22-13-19-12-21(19,14-22)18-9-8-16-5-1-2-6-17(16)11-18/h1-2,5-6,8-9,11,19H,3-4,7,10,12-15H2,(H,24,25,26)/t19-,21+/m1/s1. The lowest BCUT2D eigenvalue weighted by Crippen LogP contribution is -2.30. The first-order valence-corrected chi connectivity index (χ1v) is 11.3. The Morgan fingerprint density at radius 1 is 1.18 bits per heavy atom. The van der Waals surface area contributed by atoms with Crippen molar-refractivity contribution >= 4 is 26.9 Å². The molecule has 28 heavy (non-hydrogen) atoms. The van der Waals surface area contributed by atoms with Gasteiger partial charge in [0.05, 0.1) is 5.75 Å². The molecule has 4 rings (SSSR count). The number of hydrogen-bond donors (Lipinski definition) is 1. The Morgan fingerprint density at radius 3 is 2.75 bits per heavy atom. The van der Waals surface area contributed by atoms with Crippen molar-refractivity contribution < 1.29 is 22.5 Å². The molecule has 0 unspecified atom stereocenters. The van der Waals surface area contributed by atoms with E-state index in [4.69, 9.17) is 9.29 Å². The second-order valence-corrected chi connectivity index (χ2v) is 9.59. The van der Waals surface area contributed by atoms with Crippen LogP contribution in [0.1, 0.15) is 31.2 Å². The molecule has 1 saturated heterocycles. The van der Waals surface area contributed by atoms with Crippen molar-refractivity contribution in [1.29, 1.82) is 0 Å². The Hall–Kier alpha value is -1.96. The SMILES string of the molecule is O=C(CCCCS(=O)(=O)O)OCN1C[C@H]2C[C@@]2(c2ccc3ccccc3c2)C1. The molecule has 2 aromatic carbocycles. The number of rotatable bonds is 8. The lowest BCUT2D eigenvalue weighted by atomic mass is 9.93. The fourth-order valence-electron chi connectivity index (χ4n) is 4.42. The molecular formula is C21H25NO5S. The molecule has 0 spiro atoms. The van der Waals surface area contributed by atoms with Gasteiger partial charge in [-0.25, -0.2) is 0 Å². The lowest BCUT2D eigenvalue weighted by molar-refractivity contribution is -0.148. The van der Waals surface area contributed by atoms with Crippen LogP contribution in [0.25, 0.3) is 10.8 Å². The van der Waals surface area contributed by atoms with Gasteiger partial charge in [0.25, 0.3) is 10.1 Å². The topological polar surface area (TPSA) is 83.9 Å². The molecule has 7 heteroatoms. The number of unbranched alkanes of at least 4 members (excludes halogenated alkanes) is 1. The van der Waals surface area contributed by atoms with Gasteiger partial charge in [-0.3, -0.25) is 14.2 Å². The number of benzene rings is 2. The number of carbonyl (C=O) groups excluding carboxylic acids is 1. The molecule has 1 saturated carbocycles. The summed E-state index contributed by atoms with van der Waals surface area (Å²) in [6.07, 6.45) is 2.00. The Balaban J connectivity index is 1.27. The maximum absolute atomic E-state index is 11.9. The molecule has 2 fully saturated rings. The van der Waals surface area contributed by atoms with E-state index in [0.717, 1.165) is 13.1 Å². The molecule has 0 aromatic heterocycles. The second-order valence-electron chi connectivity index (χ2n) is 8.02. The van der Waals surface area contributed by atoms with Crippen molar-refractivity contribution in [3.63, 3.8) is 0 Å². The van der Waals surface area contributed by atoms with Gasteiger partial charge in [-0.2, -0.15) is 8.42 Å². The molecule has 2 atom stereocenters. The number of piperidine rings is 1. The van der Waals surface area contributed by atoms with E-state index in [-0.39, 0.29) is 36.7 Å². The van der Waals surface area contributed by atoms with Crippen LogP contribution in [0.2, 0.25) is 0 Å². The minimum absolute atomic E-state index is 0.169. The number of esters is 1. The van der Waals surface area contributed by atoms with Gasteiger partial charge in [0.1, 0.15) is 6.73 Å². The molecular weight excluding hydrogens is 378 g/mol. The van der Waals surface area contributed by atoms with Crippen molar-refractivity contribution in [2.45, 2.75) is 31.1 Å². The molecule has 6 nitrogen and oxygen atoms in total. The van der Waals surface area contributed by atoms with E-state index < -0.39 is 10.1 Å². The van der Waals surface area contributed by atoms with Gasteiger partial charge >= 0.3 is 5.97 Å². The van der Waals surface area contributed by atoms with Gasteiger partial charge in [0.15, 0.2) is 0 Å². The van der Waals surface area contributed by atoms with Gasteiger partial charge in [-0.15, -0.1) is 0 Å². The normalized spacial score (nSPS) is 24.2. The fraction of sp³-hybridized carbons (Fsp3) is 0.476. The molecule has 1 aliphatic heterocycles. The van der Waals surface area contributed by atoms with Crippen LogP contribution in [-0.2, 0) is 25.1 Å². The molecule has 2 aromatic rings. The number of ether oxygens (including phenoxy) is 1. The molecule has 0 amide bonds. The predicted molar refractivity (Wildman–Crippen MR) is 107 cm³/mol. The Morgan fingerprint density at radius 2 is 1.96 bits per heavy atom. The van der Waals surface area contributed by atoms with Gasteiger partial charge in [0.2, 0.25) is 0 Å². The van der Waals surface area contributed by atoms with Crippen LogP contribution in [0.5, 0.6) is 0 Å². The van der Waals surface area contributed by atoms with Crippen LogP contribution in [0.15, 0.2) is 42.5 Å². The Bertz CT molecular complexity index is 989. The maximum Gasteiger partial charge on any atom is 0.307 e. The molecule has 0 bridgehead atoms. The van der Waals surface area contributed by atoms with Crippen molar-refractivity contribution in [2.24, 2.45) is 5.92 Å². The van der Waals surface area contributed by atoms with Crippen molar-refractivity contribution in [3.8, 4) is 0 Å². The number of carbonyl (C=O) groups is 1. The monoisotopic (exact) mass is 403 g/mol. The number of nitrogens with zero attached hydrogens (tertiary/aromatic N) is 1. The molecule has 150 valence electrons. The van der Waals surface area contributed by atoms with Crippen LogP contribution >= 0.6 is 0 Å². The number of hydrogen-bond acceptors (Lipinski definition) is 5. The van der Waals surface area contributed by atoms with E-state index in [1.165, 1.54) is 22.8 Å². The first-order valence-electron chi connectivity index (χ1n) is 9.68. The molecule has 2 aliphatic rings. The Kier molecular flexibility index (Phi) is 5.16. The summed E-state index contributed by atoms with van der Waals surface area (Å²) in [5, 5.41) is 2.51. The summed E-state index contributed by atoms with van der Waals surface area (Å²) in [5.74, 6) is -0.0275. The first-order chi connectivity index (χ1) is 13.4. The Labute approximate surface area is 165 Å². The third-order valence-electron chi connectivity index (χ3n) is 5.98. The zero-order chi connectivity index (χ0) is 19.8. The van der Waals surface area contributed by atoms with E-state index in [2.05, 4.69) is 47.4 Å². The van der Waals surface area contributed by atoms with Crippen molar-refractivity contribution in [1.82, 2.24) is 4.90 Å². The minimum Gasteiger partial charge on any atom is -0.449 e. The van der Waals surface area contributed by atoms with E-state index >= 15 is 0 Å². The van der Waals surface area contributed by atoms with Gasteiger partial charge < -0.3 is 4.74 Å². The van der Waals surface area contributed by atoms with E-state index in [1.807, 2.05) is 0 Å². The maximum atomic E-state index is 11.9. The lowest BCUT2D eigenvalue weighted by Gasteiger charge is -2.21. The van der Waals surface area contributed by atoms with Crippen LogP contribution in [0, 0.1) is 5.92 Å². The van der Waals surface area contributed by atoms with E-state index in [9.17, 15) is 13.2 Å². The first kappa shape index (κ1) is 19.4. The molecule has 1 N–H and O–H groups in total.